The van der Waals surface area contributed by atoms with E-state index in [2.05, 4.69) is 37.5 Å². The molecule has 0 saturated carbocycles. The zero-order valence-corrected chi connectivity index (χ0v) is 18.6. The fourth-order valence-electron chi connectivity index (χ4n) is 3.49. The highest BCUT2D eigenvalue weighted by Gasteiger charge is 2.20. The molecule has 30 heavy (non-hydrogen) atoms. The Morgan fingerprint density at radius 1 is 1.10 bits per heavy atom. The van der Waals surface area contributed by atoms with E-state index >= 15 is 0 Å². The third-order valence-corrected chi connectivity index (χ3v) is 5.90. The number of piperidine rings is 1. The molecule has 0 radical (unpaired) electrons. The van der Waals surface area contributed by atoms with Gasteiger partial charge in [0.15, 0.2) is 0 Å². The van der Waals surface area contributed by atoms with Crippen molar-refractivity contribution in [2.24, 2.45) is 0 Å². The van der Waals surface area contributed by atoms with E-state index in [0.717, 1.165) is 48.9 Å². The highest BCUT2D eigenvalue weighted by molar-refractivity contribution is 7.18. The standard InChI is InChI=1S/C20H22FN5OS.2ClH/c21-17-3-1-15(2-4-17)19-24-25-20(28-19)23-18-13-16(5-8-22-18)14-6-9-26(10-7-14)11-12-27;;/h1-5,8,13-14,27H,6-7,9-12H2,(H,22,23,25);2*1H. The highest BCUT2D eigenvalue weighted by atomic mass is 35.5. The number of aliphatic hydroxyl groups excluding tert-OH is 1. The number of likely N-dealkylation sites (tertiary alicyclic amines) is 1. The van der Waals surface area contributed by atoms with Crippen molar-refractivity contribution < 1.29 is 9.50 Å². The van der Waals surface area contributed by atoms with Crippen LogP contribution in [-0.2, 0) is 0 Å². The van der Waals surface area contributed by atoms with Crippen molar-refractivity contribution in [3.8, 4) is 10.6 Å². The Morgan fingerprint density at radius 2 is 1.83 bits per heavy atom. The predicted octanol–water partition coefficient (Wildman–Crippen LogP) is 4.50. The molecule has 3 heterocycles. The first kappa shape index (κ1) is 24.4. The zero-order chi connectivity index (χ0) is 19.3. The maximum atomic E-state index is 13.1. The summed E-state index contributed by atoms with van der Waals surface area (Å²) in [5.74, 6) is 0.981. The fourth-order valence-corrected chi connectivity index (χ4v) is 4.25. The second kappa shape index (κ2) is 11.5. The van der Waals surface area contributed by atoms with Gasteiger partial charge in [-0.15, -0.1) is 35.0 Å². The topological polar surface area (TPSA) is 74.2 Å². The summed E-state index contributed by atoms with van der Waals surface area (Å²) in [6.07, 6.45) is 3.98. The summed E-state index contributed by atoms with van der Waals surface area (Å²) in [6, 6.07) is 10.4. The van der Waals surface area contributed by atoms with Gasteiger partial charge in [-0.3, -0.25) is 0 Å². The average Bonchev–Trinajstić information content (AvgIpc) is 3.18. The number of rotatable bonds is 6. The molecule has 0 aliphatic carbocycles. The Balaban J connectivity index is 0.00000160. The summed E-state index contributed by atoms with van der Waals surface area (Å²) < 4.78 is 13.1. The van der Waals surface area contributed by atoms with E-state index < -0.39 is 0 Å². The average molecular weight is 472 g/mol. The first-order valence-electron chi connectivity index (χ1n) is 9.37. The summed E-state index contributed by atoms with van der Waals surface area (Å²) in [5.41, 5.74) is 2.10. The Labute approximate surface area is 191 Å². The van der Waals surface area contributed by atoms with Gasteiger partial charge in [-0.1, -0.05) is 11.3 Å². The number of β-amino-alcohol motifs (C(OH)–C–C–N with tert-alkyl or cyclic N) is 1. The number of hydrogen-bond acceptors (Lipinski definition) is 7. The van der Waals surface area contributed by atoms with Gasteiger partial charge in [-0.25, -0.2) is 9.37 Å². The van der Waals surface area contributed by atoms with Crippen LogP contribution in [0.1, 0.15) is 24.3 Å². The van der Waals surface area contributed by atoms with Gasteiger partial charge in [0.05, 0.1) is 6.61 Å². The number of nitrogens with zero attached hydrogens (tertiary/aromatic N) is 4. The third-order valence-electron chi connectivity index (χ3n) is 5.01. The molecule has 0 atom stereocenters. The van der Waals surface area contributed by atoms with Crippen molar-refractivity contribution in [1.82, 2.24) is 20.1 Å². The number of hydrogen-bond donors (Lipinski definition) is 2. The molecule has 2 aromatic heterocycles. The van der Waals surface area contributed by atoms with E-state index in [9.17, 15) is 4.39 Å². The maximum Gasteiger partial charge on any atom is 0.211 e. The lowest BCUT2D eigenvalue weighted by molar-refractivity contribution is 0.164. The minimum absolute atomic E-state index is 0. The van der Waals surface area contributed by atoms with E-state index in [0.29, 0.717) is 11.0 Å². The number of aromatic nitrogens is 3. The SMILES string of the molecule is Cl.Cl.OCCN1CCC(c2ccnc(Nc3nnc(-c4ccc(F)cc4)s3)c2)CC1. The molecule has 1 saturated heterocycles. The minimum atomic E-state index is -0.269. The van der Waals surface area contributed by atoms with Gasteiger partial charge >= 0.3 is 0 Å². The number of benzene rings is 1. The van der Waals surface area contributed by atoms with Crippen LogP contribution in [0.15, 0.2) is 42.6 Å². The Hall–Kier alpha value is -1.84. The lowest BCUT2D eigenvalue weighted by atomic mass is 9.90. The van der Waals surface area contributed by atoms with Crippen LogP contribution in [0.3, 0.4) is 0 Å². The molecule has 1 fully saturated rings. The second-order valence-electron chi connectivity index (χ2n) is 6.86. The largest absolute Gasteiger partial charge is 0.395 e. The predicted molar refractivity (Wildman–Crippen MR) is 123 cm³/mol. The summed E-state index contributed by atoms with van der Waals surface area (Å²) in [7, 11) is 0. The first-order valence-corrected chi connectivity index (χ1v) is 10.2. The summed E-state index contributed by atoms with van der Waals surface area (Å²) >= 11 is 1.41. The van der Waals surface area contributed by atoms with E-state index in [1.54, 1.807) is 12.1 Å². The van der Waals surface area contributed by atoms with Crippen molar-refractivity contribution in [2.45, 2.75) is 18.8 Å². The fraction of sp³-hybridized carbons (Fsp3) is 0.350. The minimum Gasteiger partial charge on any atom is -0.395 e. The van der Waals surface area contributed by atoms with Gasteiger partial charge < -0.3 is 15.3 Å². The summed E-state index contributed by atoms with van der Waals surface area (Å²) in [4.78, 5) is 6.70. The Kier molecular flexibility index (Phi) is 9.38. The second-order valence-corrected chi connectivity index (χ2v) is 7.84. The van der Waals surface area contributed by atoms with Crippen molar-refractivity contribution in [3.63, 3.8) is 0 Å². The van der Waals surface area contributed by atoms with Crippen LogP contribution in [0.4, 0.5) is 15.3 Å². The molecular weight excluding hydrogens is 448 g/mol. The lowest BCUT2D eigenvalue weighted by Gasteiger charge is -2.31. The van der Waals surface area contributed by atoms with Crippen LogP contribution in [0.25, 0.3) is 10.6 Å². The van der Waals surface area contributed by atoms with Gasteiger partial charge in [0.2, 0.25) is 5.13 Å². The van der Waals surface area contributed by atoms with Crippen molar-refractivity contribution >= 4 is 47.1 Å². The van der Waals surface area contributed by atoms with Crippen LogP contribution in [-0.4, -0.2) is 51.4 Å². The van der Waals surface area contributed by atoms with Crippen molar-refractivity contribution in [3.05, 3.63) is 54.0 Å². The molecule has 2 N–H and O–H groups in total. The van der Waals surface area contributed by atoms with E-state index in [4.69, 9.17) is 5.11 Å². The maximum absolute atomic E-state index is 13.1. The van der Waals surface area contributed by atoms with E-state index in [1.807, 2.05) is 6.20 Å². The van der Waals surface area contributed by atoms with E-state index in [1.165, 1.54) is 29.0 Å². The molecule has 0 unspecified atom stereocenters. The van der Waals surface area contributed by atoms with Crippen molar-refractivity contribution in [1.29, 1.82) is 0 Å². The van der Waals surface area contributed by atoms with Gasteiger partial charge in [0.1, 0.15) is 16.6 Å². The number of pyridine rings is 1. The molecule has 1 aromatic carbocycles. The molecule has 0 bridgehead atoms. The smallest absolute Gasteiger partial charge is 0.211 e. The quantitative estimate of drug-likeness (QED) is 0.551. The normalized spacial score (nSPS) is 14.6. The van der Waals surface area contributed by atoms with Crippen LogP contribution in [0.5, 0.6) is 0 Å². The molecule has 1 aliphatic heterocycles. The van der Waals surface area contributed by atoms with Crippen molar-refractivity contribution in [2.75, 3.05) is 31.6 Å². The monoisotopic (exact) mass is 471 g/mol. The molecule has 6 nitrogen and oxygen atoms in total. The van der Waals surface area contributed by atoms with Gasteiger partial charge in [0.25, 0.3) is 0 Å². The van der Waals surface area contributed by atoms with Crippen LogP contribution in [0.2, 0.25) is 0 Å². The van der Waals surface area contributed by atoms with Crippen LogP contribution < -0.4 is 5.32 Å². The number of aliphatic hydroxyl groups is 1. The molecule has 3 aromatic rings. The number of nitrogens with one attached hydrogen (secondary N) is 1. The Bertz CT molecular complexity index is 920. The highest BCUT2D eigenvalue weighted by Crippen LogP contribution is 2.31. The molecular formula is C20H24Cl2FN5OS. The van der Waals surface area contributed by atoms with Crippen LogP contribution in [0, 0.1) is 5.82 Å². The van der Waals surface area contributed by atoms with Gasteiger partial charge in [-0.05, 0) is 73.8 Å². The molecule has 1 aliphatic rings. The first-order chi connectivity index (χ1) is 13.7. The number of halogens is 3. The molecule has 4 rings (SSSR count). The summed E-state index contributed by atoms with van der Waals surface area (Å²) in [6.45, 7) is 2.99. The van der Waals surface area contributed by atoms with Crippen LogP contribution >= 0.6 is 36.2 Å². The zero-order valence-electron chi connectivity index (χ0n) is 16.2. The molecule has 0 spiro atoms. The Morgan fingerprint density at radius 3 is 2.53 bits per heavy atom. The molecule has 0 amide bonds. The third kappa shape index (κ3) is 6.09. The van der Waals surface area contributed by atoms with E-state index in [-0.39, 0.29) is 37.2 Å². The molecule has 10 heteroatoms. The lowest BCUT2D eigenvalue weighted by Crippen LogP contribution is -2.34. The molecule has 162 valence electrons. The number of anilines is 2. The van der Waals surface area contributed by atoms with Gasteiger partial charge in [-0.2, -0.15) is 0 Å². The van der Waals surface area contributed by atoms with Gasteiger partial charge in [0, 0.05) is 18.3 Å². The summed E-state index contributed by atoms with van der Waals surface area (Å²) in [5, 5.41) is 22.1.